The third-order valence-corrected chi connectivity index (χ3v) is 4.13. The zero-order valence-electron chi connectivity index (χ0n) is 10.2. The first-order valence-corrected chi connectivity index (χ1v) is 8.57. The van der Waals surface area contributed by atoms with Crippen molar-refractivity contribution in [2.24, 2.45) is 0 Å². The Kier molecular flexibility index (Phi) is 4.34. The largest absolute Gasteiger partial charge is 0.378 e. The molecule has 7 heteroatoms. The quantitative estimate of drug-likeness (QED) is 0.889. The monoisotopic (exact) mass is 316 g/mol. The summed E-state index contributed by atoms with van der Waals surface area (Å²) in [7, 11) is -3.29. The minimum atomic E-state index is -3.29. The molecule has 1 aromatic heterocycles. The molecule has 2 rings (SSSR count). The number of anilines is 2. The minimum Gasteiger partial charge on any atom is -0.378 e. The molecular formula is C12H13ClN2O2S2. The first kappa shape index (κ1) is 14.2. The van der Waals surface area contributed by atoms with E-state index >= 15 is 0 Å². The lowest BCUT2D eigenvalue weighted by atomic mass is 10.2. The molecule has 0 atom stereocenters. The van der Waals surface area contributed by atoms with Crippen LogP contribution in [-0.2, 0) is 16.6 Å². The Morgan fingerprint density at radius 2 is 1.84 bits per heavy atom. The molecule has 1 aromatic carbocycles. The molecule has 0 bridgehead atoms. The van der Waals surface area contributed by atoms with E-state index < -0.39 is 10.0 Å². The van der Waals surface area contributed by atoms with Crippen molar-refractivity contribution in [3.8, 4) is 0 Å². The van der Waals surface area contributed by atoms with E-state index in [1.165, 1.54) is 11.3 Å². The van der Waals surface area contributed by atoms with Gasteiger partial charge in [-0.05, 0) is 24.3 Å². The van der Waals surface area contributed by atoms with Crippen molar-refractivity contribution in [3.05, 3.63) is 45.6 Å². The predicted octanol–water partition coefficient (Wildman–Crippen LogP) is 3.39. The molecule has 0 fully saturated rings. The summed E-state index contributed by atoms with van der Waals surface area (Å²) in [5.41, 5.74) is 1.27. The van der Waals surface area contributed by atoms with E-state index in [2.05, 4.69) is 10.0 Å². The third kappa shape index (κ3) is 4.41. The van der Waals surface area contributed by atoms with Gasteiger partial charge in [0.05, 0.1) is 22.0 Å². The summed E-state index contributed by atoms with van der Waals surface area (Å²) < 4.78 is 25.8. The number of halogens is 1. The third-order valence-electron chi connectivity index (χ3n) is 2.30. The molecule has 102 valence electrons. The van der Waals surface area contributed by atoms with E-state index in [0.717, 1.165) is 21.2 Å². The molecule has 0 radical (unpaired) electrons. The lowest BCUT2D eigenvalue weighted by Crippen LogP contribution is -2.11. The fourth-order valence-corrected chi connectivity index (χ4v) is 3.16. The molecule has 0 saturated carbocycles. The van der Waals surface area contributed by atoms with Crippen molar-refractivity contribution in [2.75, 3.05) is 16.3 Å². The number of nitrogens with one attached hydrogen (secondary N) is 2. The van der Waals surface area contributed by atoms with Crippen LogP contribution in [-0.4, -0.2) is 14.7 Å². The van der Waals surface area contributed by atoms with Crippen LogP contribution in [0.1, 0.15) is 4.88 Å². The van der Waals surface area contributed by atoms with Gasteiger partial charge in [-0.15, -0.1) is 11.3 Å². The highest BCUT2D eigenvalue weighted by atomic mass is 35.5. The van der Waals surface area contributed by atoms with E-state index in [4.69, 9.17) is 11.6 Å². The number of para-hydroxylation sites is 2. The van der Waals surface area contributed by atoms with Gasteiger partial charge in [0.2, 0.25) is 10.0 Å². The maximum Gasteiger partial charge on any atom is 0.229 e. The molecule has 2 N–H and O–H groups in total. The number of hydrogen-bond acceptors (Lipinski definition) is 4. The summed E-state index contributed by atoms with van der Waals surface area (Å²) in [6.07, 6.45) is 1.13. The average Bonchev–Trinajstić information content (AvgIpc) is 2.72. The van der Waals surface area contributed by atoms with Crippen LogP contribution >= 0.6 is 22.9 Å². The molecule has 0 unspecified atom stereocenters. The van der Waals surface area contributed by atoms with E-state index in [9.17, 15) is 8.42 Å². The fraction of sp³-hybridized carbons (Fsp3) is 0.167. The molecule has 0 aliphatic carbocycles. The molecule has 0 aliphatic rings. The first-order chi connectivity index (χ1) is 8.94. The van der Waals surface area contributed by atoms with Crippen LogP contribution in [0.5, 0.6) is 0 Å². The van der Waals surface area contributed by atoms with Gasteiger partial charge in [-0.2, -0.15) is 0 Å². The first-order valence-electron chi connectivity index (χ1n) is 5.49. The Hall–Kier alpha value is -1.24. The van der Waals surface area contributed by atoms with Gasteiger partial charge in [0.1, 0.15) is 0 Å². The molecule has 0 saturated heterocycles. The summed E-state index contributed by atoms with van der Waals surface area (Å²) in [6.45, 7) is 0.597. The van der Waals surface area contributed by atoms with Gasteiger partial charge < -0.3 is 5.32 Å². The van der Waals surface area contributed by atoms with Crippen LogP contribution in [0.25, 0.3) is 0 Å². The molecule has 19 heavy (non-hydrogen) atoms. The van der Waals surface area contributed by atoms with Crippen molar-refractivity contribution in [1.29, 1.82) is 0 Å². The lowest BCUT2D eigenvalue weighted by Gasteiger charge is -2.11. The normalized spacial score (nSPS) is 11.3. The number of benzene rings is 1. The van der Waals surface area contributed by atoms with Crippen molar-refractivity contribution in [3.63, 3.8) is 0 Å². The van der Waals surface area contributed by atoms with Gasteiger partial charge >= 0.3 is 0 Å². The van der Waals surface area contributed by atoms with Crippen LogP contribution < -0.4 is 10.0 Å². The summed E-state index contributed by atoms with van der Waals surface area (Å²) >= 11 is 7.35. The van der Waals surface area contributed by atoms with Crippen LogP contribution in [0.3, 0.4) is 0 Å². The fourth-order valence-electron chi connectivity index (χ4n) is 1.56. The van der Waals surface area contributed by atoms with Crippen molar-refractivity contribution < 1.29 is 8.42 Å². The second-order valence-electron chi connectivity index (χ2n) is 3.98. The lowest BCUT2D eigenvalue weighted by molar-refractivity contribution is 0.607. The van der Waals surface area contributed by atoms with E-state index in [1.54, 1.807) is 12.1 Å². The van der Waals surface area contributed by atoms with Gasteiger partial charge in [-0.3, -0.25) is 4.72 Å². The van der Waals surface area contributed by atoms with E-state index in [0.29, 0.717) is 12.2 Å². The Labute approximate surface area is 121 Å². The van der Waals surface area contributed by atoms with Crippen LogP contribution in [0.2, 0.25) is 4.34 Å². The number of sulfonamides is 1. The highest BCUT2D eigenvalue weighted by molar-refractivity contribution is 7.92. The molecule has 2 aromatic rings. The maximum atomic E-state index is 11.3. The highest BCUT2D eigenvalue weighted by Crippen LogP contribution is 2.25. The molecule has 4 nitrogen and oxygen atoms in total. The highest BCUT2D eigenvalue weighted by Gasteiger charge is 2.07. The Bertz CT molecular complexity index is 668. The molecule has 0 amide bonds. The van der Waals surface area contributed by atoms with E-state index in [-0.39, 0.29) is 0 Å². The standard InChI is InChI=1S/C12H13ClN2O2S2/c1-19(16,17)15-11-5-3-2-4-10(11)14-8-9-6-7-12(13)18-9/h2-7,14-15H,8H2,1H3. The zero-order chi connectivity index (χ0) is 13.9. The summed E-state index contributed by atoms with van der Waals surface area (Å²) in [6, 6.07) is 10.9. The number of rotatable bonds is 5. The molecule has 1 heterocycles. The van der Waals surface area contributed by atoms with Crippen molar-refractivity contribution in [1.82, 2.24) is 0 Å². The van der Waals surface area contributed by atoms with Crippen LogP contribution in [0, 0.1) is 0 Å². The van der Waals surface area contributed by atoms with Crippen LogP contribution in [0.4, 0.5) is 11.4 Å². The topological polar surface area (TPSA) is 58.2 Å². The smallest absolute Gasteiger partial charge is 0.229 e. The van der Waals surface area contributed by atoms with E-state index in [1.807, 2.05) is 24.3 Å². The molecule has 0 spiro atoms. The van der Waals surface area contributed by atoms with Gasteiger partial charge in [0, 0.05) is 11.4 Å². The van der Waals surface area contributed by atoms with Crippen LogP contribution in [0.15, 0.2) is 36.4 Å². The van der Waals surface area contributed by atoms with Gasteiger partial charge in [0.25, 0.3) is 0 Å². The molecule has 0 aliphatic heterocycles. The second-order valence-corrected chi connectivity index (χ2v) is 7.53. The van der Waals surface area contributed by atoms with Gasteiger partial charge in [-0.25, -0.2) is 8.42 Å². The van der Waals surface area contributed by atoms with Crippen molar-refractivity contribution >= 4 is 44.3 Å². The Morgan fingerprint density at radius 1 is 1.16 bits per heavy atom. The maximum absolute atomic E-state index is 11.3. The summed E-state index contributed by atoms with van der Waals surface area (Å²) in [4.78, 5) is 1.08. The minimum absolute atomic E-state index is 0.535. The second kappa shape index (κ2) is 5.81. The predicted molar refractivity (Wildman–Crippen MR) is 81.6 cm³/mol. The SMILES string of the molecule is CS(=O)(=O)Nc1ccccc1NCc1ccc(Cl)s1. The number of thiophene rings is 1. The summed E-state index contributed by atoms with van der Waals surface area (Å²) in [5.74, 6) is 0. The Balaban J connectivity index is 2.11. The molecular weight excluding hydrogens is 304 g/mol. The van der Waals surface area contributed by atoms with Gasteiger partial charge in [-0.1, -0.05) is 23.7 Å². The number of hydrogen-bond donors (Lipinski definition) is 2. The van der Waals surface area contributed by atoms with Gasteiger partial charge in [0.15, 0.2) is 0 Å². The zero-order valence-corrected chi connectivity index (χ0v) is 12.6. The average molecular weight is 317 g/mol. The summed E-state index contributed by atoms with van der Waals surface area (Å²) in [5, 5.41) is 3.19. The Morgan fingerprint density at radius 3 is 2.42 bits per heavy atom. The van der Waals surface area contributed by atoms with Crippen molar-refractivity contribution in [2.45, 2.75) is 6.54 Å².